The van der Waals surface area contributed by atoms with Crippen LogP contribution in [0.25, 0.3) is 22.5 Å². The topological polar surface area (TPSA) is 133 Å². The van der Waals surface area contributed by atoms with Crippen molar-refractivity contribution in [1.29, 1.82) is 0 Å². The first-order valence-corrected chi connectivity index (χ1v) is 9.73. The number of primary amides is 1. The van der Waals surface area contributed by atoms with Crippen molar-refractivity contribution < 1.29 is 9.59 Å². The molecule has 1 saturated heterocycles. The van der Waals surface area contributed by atoms with Crippen LogP contribution in [0.4, 0.5) is 16.2 Å². The second kappa shape index (κ2) is 6.97. The van der Waals surface area contributed by atoms with E-state index in [4.69, 9.17) is 11.6 Å². The molecule has 9 heteroatoms. The van der Waals surface area contributed by atoms with Crippen LogP contribution in [0.5, 0.6) is 0 Å². The highest BCUT2D eigenvalue weighted by Gasteiger charge is 2.36. The number of hydrogen-bond donors (Lipinski definition) is 4. The number of nitrogens with one attached hydrogen (secondary N) is 2. The first-order valence-electron chi connectivity index (χ1n) is 9.73. The molecule has 0 bridgehead atoms. The molecule has 0 radical (unpaired) electrons. The quantitative estimate of drug-likeness (QED) is 0.232. The summed E-state index contributed by atoms with van der Waals surface area (Å²) in [7, 11) is 0. The number of nitrogens with two attached hydrogens (primary N) is 2. The van der Waals surface area contributed by atoms with Gasteiger partial charge in [0.25, 0.3) is 0 Å². The Morgan fingerprint density at radius 3 is 2.50 bits per heavy atom. The molecule has 152 valence electrons. The average Bonchev–Trinajstić information content (AvgIpc) is 3.34. The zero-order chi connectivity index (χ0) is 20.8. The van der Waals surface area contributed by atoms with Gasteiger partial charge in [-0.25, -0.2) is 15.6 Å². The Hall–Kier alpha value is -3.69. The van der Waals surface area contributed by atoms with Crippen LogP contribution in [0, 0.1) is 0 Å². The monoisotopic (exact) mass is 403 g/mol. The van der Waals surface area contributed by atoms with Crippen LogP contribution in [0.2, 0.25) is 0 Å². The van der Waals surface area contributed by atoms with Gasteiger partial charge in [0.05, 0.1) is 22.5 Å². The van der Waals surface area contributed by atoms with Crippen LogP contribution in [-0.4, -0.2) is 48.2 Å². The van der Waals surface area contributed by atoms with E-state index in [1.165, 1.54) is 0 Å². The Balaban J connectivity index is 1.52. The summed E-state index contributed by atoms with van der Waals surface area (Å²) in [5.74, 6) is 5.55. The maximum Gasteiger partial charge on any atom is 0.333 e. The number of benzene rings is 2. The molecule has 0 saturated carbocycles. The highest BCUT2D eigenvalue weighted by Crippen LogP contribution is 2.43. The zero-order valence-corrected chi connectivity index (χ0v) is 16.2. The summed E-state index contributed by atoms with van der Waals surface area (Å²) in [6, 6.07) is 12.3. The Bertz CT molecular complexity index is 1150. The SMILES string of the molecule is NC(=O)N(N)c1cccc2c1C(=O)c1c(-c3ccc(N4CCNCC4)cc3)n[nH]c1-2. The first kappa shape index (κ1) is 18.3. The Morgan fingerprint density at radius 2 is 1.80 bits per heavy atom. The van der Waals surface area contributed by atoms with Gasteiger partial charge in [0.15, 0.2) is 5.78 Å². The largest absolute Gasteiger partial charge is 0.369 e. The van der Waals surface area contributed by atoms with Gasteiger partial charge in [-0.1, -0.05) is 24.3 Å². The Labute approximate surface area is 172 Å². The number of H-pyrrole nitrogens is 1. The van der Waals surface area contributed by atoms with Crippen LogP contribution in [0.3, 0.4) is 0 Å². The molecule has 30 heavy (non-hydrogen) atoms. The number of carbonyl (C=O) groups excluding carboxylic acids is 2. The van der Waals surface area contributed by atoms with Crippen LogP contribution in [-0.2, 0) is 0 Å². The molecule has 0 unspecified atom stereocenters. The van der Waals surface area contributed by atoms with E-state index in [9.17, 15) is 9.59 Å². The van der Waals surface area contributed by atoms with Crippen molar-refractivity contribution in [1.82, 2.24) is 15.5 Å². The summed E-state index contributed by atoms with van der Waals surface area (Å²) < 4.78 is 0. The van der Waals surface area contributed by atoms with Crippen molar-refractivity contribution in [3.63, 3.8) is 0 Å². The zero-order valence-electron chi connectivity index (χ0n) is 16.2. The first-order chi connectivity index (χ1) is 14.6. The second-order valence-corrected chi connectivity index (χ2v) is 7.34. The Morgan fingerprint density at radius 1 is 1.07 bits per heavy atom. The van der Waals surface area contributed by atoms with E-state index < -0.39 is 6.03 Å². The lowest BCUT2D eigenvalue weighted by molar-refractivity contribution is 0.104. The van der Waals surface area contributed by atoms with E-state index in [2.05, 4.69) is 32.5 Å². The summed E-state index contributed by atoms with van der Waals surface area (Å²) in [5, 5.41) is 11.5. The molecule has 2 amide bonds. The fraction of sp³-hybridized carbons (Fsp3) is 0.190. The number of hydrogen-bond acceptors (Lipinski definition) is 6. The molecule has 0 spiro atoms. The number of nitrogens with zero attached hydrogens (tertiary/aromatic N) is 3. The van der Waals surface area contributed by atoms with Gasteiger partial charge in [0.2, 0.25) is 0 Å². The number of aromatic amines is 1. The third-order valence-corrected chi connectivity index (χ3v) is 5.65. The van der Waals surface area contributed by atoms with Crippen molar-refractivity contribution in [2.24, 2.45) is 11.6 Å². The van der Waals surface area contributed by atoms with Crippen molar-refractivity contribution in [2.75, 3.05) is 36.1 Å². The smallest absolute Gasteiger partial charge is 0.333 e. The molecule has 2 heterocycles. The lowest BCUT2D eigenvalue weighted by Gasteiger charge is -2.29. The third-order valence-electron chi connectivity index (χ3n) is 5.65. The fourth-order valence-corrected chi connectivity index (χ4v) is 4.15. The molecular formula is C21H21N7O2. The van der Waals surface area contributed by atoms with Gasteiger partial charge in [-0.15, -0.1) is 0 Å². The number of fused-ring (bicyclic) bond motifs is 3. The molecule has 2 aromatic carbocycles. The molecule has 5 rings (SSSR count). The molecule has 1 fully saturated rings. The number of amides is 2. The van der Waals surface area contributed by atoms with Gasteiger partial charge in [0, 0.05) is 43.0 Å². The highest BCUT2D eigenvalue weighted by molar-refractivity contribution is 6.27. The maximum absolute atomic E-state index is 13.3. The minimum absolute atomic E-state index is 0.234. The highest BCUT2D eigenvalue weighted by atomic mass is 16.2. The van der Waals surface area contributed by atoms with Gasteiger partial charge in [-0.3, -0.25) is 9.89 Å². The number of anilines is 2. The lowest BCUT2D eigenvalue weighted by atomic mass is 10.0. The summed E-state index contributed by atoms with van der Waals surface area (Å²) in [4.78, 5) is 27.2. The summed E-state index contributed by atoms with van der Waals surface area (Å²) in [5.41, 5.74) is 10.2. The number of rotatable bonds is 3. The van der Waals surface area contributed by atoms with Gasteiger partial charge in [0.1, 0.15) is 5.69 Å². The number of ketones is 1. The molecule has 9 nitrogen and oxygen atoms in total. The number of carbonyl (C=O) groups is 2. The van der Waals surface area contributed by atoms with Gasteiger partial charge in [-0.05, 0) is 18.2 Å². The van der Waals surface area contributed by atoms with E-state index in [0.29, 0.717) is 28.1 Å². The van der Waals surface area contributed by atoms with Gasteiger partial charge < -0.3 is 16.0 Å². The van der Waals surface area contributed by atoms with E-state index in [1.807, 2.05) is 12.1 Å². The van der Waals surface area contributed by atoms with Crippen molar-refractivity contribution in [3.05, 3.63) is 53.6 Å². The predicted octanol–water partition coefficient (Wildman–Crippen LogP) is 1.46. The minimum atomic E-state index is -0.839. The number of aromatic nitrogens is 2. The van der Waals surface area contributed by atoms with Crippen LogP contribution in [0.15, 0.2) is 42.5 Å². The minimum Gasteiger partial charge on any atom is -0.369 e. The molecule has 1 aliphatic heterocycles. The second-order valence-electron chi connectivity index (χ2n) is 7.34. The van der Waals surface area contributed by atoms with Gasteiger partial charge in [-0.2, -0.15) is 5.10 Å². The molecule has 1 aliphatic carbocycles. The van der Waals surface area contributed by atoms with Crippen LogP contribution >= 0.6 is 0 Å². The Kier molecular flexibility index (Phi) is 4.27. The standard InChI is InChI=1S/C21H21N7O2/c22-21(30)28(23)15-3-1-2-14-16(15)20(29)17-18(25-26-19(14)17)12-4-6-13(7-5-12)27-10-8-24-9-11-27/h1-7,24H,8-11,23H2,(H2,22,30)(H,25,26). The molecular weight excluding hydrogens is 382 g/mol. The summed E-state index contributed by atoms with van der Waals surface area (Å²) >= 11 is 0. The van der Waals surface area contributed by atoms with Crippen molar-refractivity contribution in [2.45, 2.75) is 0 Å². The number of piperazine rings is 1. The molecule has 3 aromatic rings. The predicted molar refractivity (Wildman–Crippen MR) is 114 cm³/mol. The normalized spacial score (nSPS) is 15.1. The number of urea groups is 1. The van der Waals surface area contributed by atoms with Crippen LogP contribution in [0.1, 0.15) is 15.9 Å². The van der Waals surface area contributed by atoms with Gasteiger partial charge >= 0.3 is 6.03 Å². The van der Waals surface area contributed by atoms with E-state index >= 15 is 0 Å². The van der Waals surface area contributed by atoms with E-state index in [0.717, 1.165) is 42.4 Å². The summed E-state index contributed by atoms with van der Waals surface area (Å²) in [6.07, 6.45) is 0. The van der Waals surface area contributed by atoms with Crippen LogP contribution < -0.4 is 26.8 Å². The molecule has 2 aliphatic rings. The third kappa shape index (κ3) is 2.75. The summed E-state index contributed by atoms with van der Waals surface area (Å²) in [6.45, 7) is 3.85. The van der Waals surface area contributed by atoms with E-state index in [-0.39, 0.29) is 11.5 Å². The maximum atomic E-state index is 13.3. The van der Waals surface area contributed by atoms with E-state index in [1.54, 1.807) is 18.2 Å². The molecule has 6 N–H and O–H groups in total. The number of hydrazine groups is 1. The molecule has 0 atom stereocenters. The van der Waals surface area contributed by atoms with Crippen molar-refractivity contribution in [3.8, 4) is 22.5 Å². The lowest BCUT2D eigenvalue weighted by Crippen LogP contribution is -2.43. The average molecular weight is 403 g/mol. The fourth-order valence-electron chi connectivity index (χ4n) is 4.15. The molecule has 1 aromatic heterocycles. The van der Waals surface area contributed by atoms with Crippen molar-refractivity contribution >= 4 is 23.2 Å².